The maximum atomic E-state index is 11.6. The molecule has 5 nitrogen and oxygen atoms in total. The van der Waals surface area contributed by atoms with Crippen LogP contribution < -0.4 is 5.32 Å². The van der Waals surface area contributed by atoms with Gasteiger partial charge in [-0.05, 0) is 20.3 Å². The van der Waals surface area contributed by atoms with Crippen molar-refractivity contribution in [2.75, 3.05) is 13.1 Å². The summed E-state index contributed by atoms with van der Waals surface area (Å²) < 4.78 is 2.02. The number of imidazole rings is 1. The lowest BCUT2D eigenvalue weighted by Crippen LogP contribution is -2.41. The van der Waals surface area contributed by atoms with Crippen LogP contribution in [0.25, 0.3) is 0 Å². The quantitative estimate of drug-likeness (QED) is 0.851. The Kier molecular flexibility index (Phi) is 4.01. The highest BCUT2D eigenvalue weighted by Gasteiger charge is 2.22. The third kappa shape index (κ3) is 2.90. The number of nitrogens with zero attached hydrogens (tertiary/aromatic N) is 3. The molecule has 0 radical (unpaired) electrons. The number of amides is 1. The first-order valence-electron chi connectivity index (χ1n) is 6.59. The largest absolute Gasteiger partial charge is 0.341 e. The van der Waals surface area contributed by atoms with Crippen LogP contribution in [0, 0.1) is 0 Å². The van der Waals surface area contributed by atoms with E-state index >= 15 is 0 Å². The summed E-state index contributed by atoms with van der Waals surface area (Å²) in [4.78, 5) is 17.8. The molecule has 1 aliphatic rings. The van der Waals surface area contributed by atoms with Crippen LogP contribution in [0.4, 0.5) is 0 Å². The van der Waals surface area contributed by atoms with Gasteiger partial charge in [-0.2, -0.15) is 0 Å². The Labute approximate surface area is 108 Å². The number of rotatable bonds is 5. The van der Waals surface area contributed by atoms with Crippen molar-refractivity contribution in [1.29, 1.82) is 0 Å². The van der Waals surface area contributed by atoms with E-state index in [0.29, 0.717) is 6.42 Å². The lowest BCUT2D eigenvalue weighted by atomic mass is 10.2. The van der Waals surface area contributed by atoms with Gasteiger partial charge in [-0.3, -0.25) is 4.79 Å². The van der Waals surface area contributed by atoms with Gasteiger partial charge in [0.1, 0.15) is 5.82 Å². The molecule has 0 aliphatic carbocycles. The van der Waals surface area contributed by atoms with Crippen molar-refractivity contribution in [2.45, 2.75) is 38.8 Å². The van der Waals surface area contributed by atoms with Crippen molar-refractivity contribution >= 4 is 5.91 Å². The zero-order chi connectivity index (χ0) is 13.1. The van der Waals surface area contributed by atoms with Gasteiger partial charge >= 0.3 is 0 Å². The highest BCUT2D eigenvalue weighted by molar-refractivity contribution is 5.78. The average molecular weight is 250 g/mol. The maximum Gasteiger partial charge on any atom is 0.222 e. The Morgan fingerprint density at radius 1 is 1.50 bits per heavy atom. The summed E-state index contributed by atoms with van der Waals surface area (Å²) in [6, 6.07) is 0.469. The number of likely N-dealkylation sites (tertiary alicyclic amines) is 1. The summed E-state index contributed by atoms with van der Waals surface area (Å²) in [7, 11) is 2.00. The van der Waals surface area contributed by atoms with Crippen LogP contribution in [0.15, 0.2) is 12.4 Å². The van der Waals surface area contributed by atoms with E-state index in [2.05, 4.69) is 24.1 Å². The topological polar surface area (TPSA) is 50.2 Å². The second kappa shape index (κ2) is 5.52. The fourth-order valence-electron chi connectivity index (χ4n) is 2.58. The Bertz CT molecular complexity index is 415. The summed E-state index contributed by atoms with van der Waals surface area (Å²) in [5, 5.41) is 3.49. The van der Waals surface area contributed by atoms with E-state index in [-0.39, 0.29) is 18.0 Å². The molecule has 1 aliphatic heterocycles. The summed E-state index contributed by atoms with van der Waals surface area (Å²) in [6.45, 7) is 5.91. The van der Waals surface area contributed by atoms with Crippen LogP contribution in [-0.2, 0) is 11.8 Å². The summed E-state index contributed by atoms with van der Waals surface area (Å²) in [5.74, 6) is 1.31. The van der Waals surface area contributed by atoms with Gasteiger partial charge in [-0.15, -0.1) is 0 Å². The number of nitrogens with one attached hydrogen (secondary N) is 1. The molecule has 1 fully saturated rings. The molecule has 0 bridgehead atoms. The van der Waals surface area contributed by atoms with Gasteiger partial charge < -0.3 is 14.8 Å². The number of aryl methyl sites for hydroxylation is 1. The molecule has 2 heterocycles. The fourth-order valence-corrected chi connectivity index (χ4v) is 2.58. The Balaban J connectivity index is 1.85. The smallest absolute Gasteiger partial charge is 0.222 e. The van der Waals surface area contributed by atoms with Crippen LogP contribution in [0.3, 0.4) is 0 Å². The van der Waals surface area contributed by atoms with Crippen LogP contribution >= 0.6 is 0 Å². The Morgan fingerprint density at radius 2 is 2.28 bits per heavy atom. The van der Waals surface area contributed by atoms with Crippen molar-refractivity contribution in [3.8, 4) is 0 Å². The minimum Gasteiger partial charge on any atom is -0.341 e. The van der Waals surface area contributed by atoms with E-state index < -0.39 is 0 Å². The molecule has 1 saturated heterocycles. The molecule has 0 spiro atoms. The van der Waals surface area contributed by atoms with Gasteiger partial charge in [-0.1, -0.05) is 0 Å². The molecule has 1 aromatic heterocycles. The molecule has 0 aromatic carbocycles. The molecule has 2 rings (SSSR count). The van der Waals surface area contributed by atoms with Crippen molar-refractivity contribution in [3.05, 3.63) is 18.2 Å². The minimum absolute atomic E-state index is 0.192. The molecular formula is C13H22N4O. The Morgan fingerprint density at radius 3 is 2.83 bits per heavy atom. The van der Waals surface area contributed by atoms with E-state index in [9.17, 15) is 4.79 Å². The van der Waals surface area contributed by atoms with Gasteiger partial charge in [0.25, 0.3) is 0 Å². The lowest BCUT2D eigenvalue weighted by Gasteiger charge is -2.24. The van der Waals surface area contributed by atoms with Gasteiger partial charge in [0.15, 0.2) is 0 Å². The number of carbonyl (C=O) groups is 1. The standard InChI is InChI=1S/C13H22N4O/c1-10(9-17-7-4-5-12(17)18)15-11(2)13-14-6-8-16(13)3/h6,8,10-11,15H,4-5,7,9H2,1-3H3. The molecule has 1 amide bonds. The van der Waals surface area contributed by atoms with Gasteiger partial charge in [-0.25, -0.2) is 4.98 Å². The predicted octanol–water partition coefficient (Wildman–Crippen LogP) is 1.08. The molecule has 0 saturated carbocycles. The molecular weight excluding hydrogens is 228 g/mol. The van der Waals surface area contributed by atoms with Crippen LogP contribution in [0.1, 0.15) is 38.6 Å². The maximum absolute atomic E-state index is 11.6. The second-order valence-corrected chi connectivity index (χ2v) is 5.13. The minimum atomic E-state index is 0.192. The van der Waals surface area contributed by atoms with E-state index in [1.165, 1.54) is 0 Å². The number of hydrogen-bond donors (Lipinski definition) is 1. The van der Waals surface area contributed by atoms with Crippen molar-refractivity contribution in [1.82, 2.24) is 19.8 Å². The SMILES string of the molecule is CC(CN1CCCC1=O)NC(C)c1nccn1C. The first kappa shape index (κ1) is 13.1. The first-order valence-corrected chi connectivity index (χ1v) is 6.59. The van der Waals surface area contributed by atoms with Gasteiger partial charge in [0.2, 0.25) is 5.91 Å². The molecule has 1 N–H and O–H groups in total. The van der Waals surface area contributed by atoms with Crippen LogP contribution in [0.2, 0.25) is 0 Å². The lowest BCUT2D eigenvalue weighted by molar-refractivity contribution is -0.127. The van der Waals surface area contributed by atoms with Crippen LogP contribution in [-0.4, -0.2) is 39.5 Å². The van der Waals surface area contributed by atoms with Gasteiger partial charge in [0.05, 0.1) is 6.04 Å². The first-order chi connectivity index (χ1) is 8.58. The highest BCUT2D eigenvalue weighted by Crippen LogP contribution is 2.13. The zero-order valence-corrected chi connectivity index (χ0v) is 11.4. The summed E-state index contributed by atoms with van der Waals surface area (Å²) in [5.41, 5.74) is 0. The fraction of sp³-hybridized carbons (Fsp3) is 0.692. The highest BCUT2D eigenvalue weighted by atomic mass is 16.2. The van der Waals surface area contributed by atoms with Crippen molar-refractivity contribution in [3.63, 3.8) is 0 Å². The van der Waals surface area contributed by atoms with E-state index in [0.717, 1.165) is 25.3 Å². The monoisotopic (exact) mass is 250 g/mol. The number of hydrogen-bond acceptors (Lipinski definition) is 3. The van der Waals surface area contributed by atoms with E-state index in [1.54, 1.807) is 0 Å². The van der Waals surface area contributed by atoms with Crippen molar-refractivity contribution < 1.29 is 4.79 Å². The second-order valence-electron chi connectivity index (χ2n) is 5.13. The average Bonchev–Trinajstić information content (AvgIpc) is 2.88. The van der Waals surface area contributed by atoms with Gasteiger partial charge in [0, 0.05) is 45.0 Å². The molecule has 1 aromatic rings. The van der Waals surface area contributed by atoms with Crippen LogP contribution in [0.5, 0.6) is 0 Å². The number of aromatic nitrogens is 2. The third-order valence-corrected chi connectivity index (χ3v) is 3.45. The molecule has 2 unspecified atom stereocenters. The van der Waals surface area contributed by atoms with E-state index in [4.69, 9.17) is 0 Å². The van der Waals surface area contributed by atoms with Crippen molar-refractivity contribution in [2.24, 2.45) is 7.05 Å². The van der Waals surface area contributed by atoms with E-state index in [1.807, 2.05) is 28.9 Å². The summed E-state index contributed by atoms with van der Waals surface area (Å²) in [6.07, 6.45) is 5.46. The number of carbonyl (C=O) groups excluding carboxylic acids is 1. The molecule has 100 valence electrons. The Hall–Kier alpha value is -1.36. The zero-order valence-electron chi connectivity index (χ0n) is 11.4. The predicted molar refractivity (Wildman–Crippen MR) is 70.0 cm³/mol. The normalized spacial score (nSPS) is 19.3. The molecule has 18 heavy (non-hydrogen) atoms. The molecule has 2 atom stereocenters. The third-order valence-electron chi connectivity index (χ3n) is 3.45. The summed E-state index contributed by atoms with van der Waals surface area (Å²) >= 11 is 0. The molecule has 5 heteroatoms.